The molecule has 7 heteroatoms. The third-order valence-corrected chi connectivity index (χ3v) is 4.66. The first-order valence-electron chi connectivity index (χ1n) is 8.32. The Labute approximate surface area is 146 Å². The predicted octanol–water partition coefficient (Wildman–Crippen LogP) is 2.32. The van der Waals surface area contributed by atoms with E-state index in [9.17, 15) is 0 Å². The molecule has 4 aromatic rings. The number of aryl methyl sites for hydroxylation is 1. The minimum atomic E-state index is 0.690. The molecule has 0 unspecified atom stereocenters. The average molecular weight is 335 g/mol. The molecule has 0 bridgehead atoms. The van der Waals surface area contributed by atoms with Gasteiger partial charge in [0, 0.05) is 36.7 Å². The maximum atomic E-state index is 4.78. The zero-order chi connectivity index (χ0) is 17.6. The molecule has 0 aliphatic carbocycles. The van der Waals surface area contributed by atoms with Gasteiger partial charge in [0.15, 0.2) is 11.5 Å². The molecule has 0 radical (unpaired) electrons. The van der Waals surface area contributed by atoms with Gasteiger partial charge < -0.3 is 9.47 Å². The maximum Gasteiger partial charge on any atom is 0.182 e. The van der Waals surface area contributed by atoms with Crippen LogP contribution in [0.3, 0.4) is 0 Å². The van der Waals surface area contributed by atoms with Crippen LogP contribution >= 0.6 is 0 Å². The molecule has 0 fully saturated rings. The van der Waals surface area contributed by atoms with Gasteiger partial charge in [-0.2, -0.15) is 0 Å². The second-order valence-corrected chi connectivity index (χ2v) is 6.55. The van der Waals surface area contributed by atoms with Crippen molar-refractivity contribution < 1.29 is 0 Å². The highest BCUT2D eigenvalue weighted by Gasteiger charge is 2.18. The van der Waals surface area contributed by atoms with E-state index in [-0.39, 0.29) is 0 Å². The Bertz CT molecular complexity index is 1040. The largest absolute Gasteiger partial charge is 0.328 e. The molecular weight excluding hydrogens is 314 g/mol. The standard InChI is InChI=1S/C18H21N7/c1-12-13(2)24(10-9-23(3)4)17-15(12)18-21-16(22-25(18)11-20-17)14-5-7-19-8-6-14/h5-8,11H,9-10H2,1-4H3. The molecule has 128 valence electrons. The van der Waals surface area contributed by atoms with Gasteiger partial charge in [0.05, 0.1) is 5.39 Å². The van der Waals surface area contributed by atoms with Crippen molar-refractivity contribution in [3.05, 3.63) is 42.1 Å². The van der Waals surface area contributed by atoms with E-state index in [0.717, 1.165) is 35.3 Å². The molecule has 4 heterocycles. The topological polar surface area (TPSA) is 64.1 Å². The maximum absolute atomic E-state index is 4.78. The van der Waals surface area contributed by atoms with Crippen LogP contribution < -0.4 is 0 Å². The number of likely N-dealkylation sites (N-methyl/N-ethyl adjacent to an activating group) is 1. The molecule has 0 N–H and O–H groups in total. The van der Waals surface area contributed by atoms with Crippen LogP contribution in [0, 0.1) is 13.8 Å². The monoisotopic (exact) mass is 335 g/mol. The molecular formula is C18H21N7. The van der Waals surface area contributed by atoms with Crippen molar-refractivity contribution in [2.45, 2.75) is 20.4 Å². The third kappa shape index (κ3) is 2.56. The normalized spacial score (nSPS) is 11.9. The van der Waals surface area contributed by atoms with Crippen molar-refractivity contribution in [2.24, 2.45) is 0 Å². The molecule has 0 spiro atoms. The number of aromatic nitrogens is 6. The fourth-order valence-corrected chi connectivity index (χ4v) is 3.13. The zero-order valence-corrected chi connectivity index (χ0v) is 14.9. The molecule has 4 aromatic heterocycles. The Kier molecular flexibility index (Phi) is 3.73. The first kappa shape index (κ1) is 15.7. The summed E-state index contributed by atoms with van der Waals surface area (Å²) >= 11 is 0. The number of hydrogen-bond acceptors (Lipinski definition) is 5. The Hall–Kier alpha value is -2.80. The van der Waals surface area contributed by atoms with Gasteiger partial charge in [0.2, 0.25) is 0 Å². The Morgan fingerprint density at radius 1 is 1.08 bits per heavy atom. The lowest BCUT2D eigenvalue weighted by Crippen LogP contribution is -2.19. The highest BCUT2D eigenvalue weighted by Crippen LogP contribution is 2.28. The molecule has 0 amide bonds. The lowest BCUT2D eigenvalue weighted by molar-refractivity contribution is 0.384. The van der Waals surface area contributed by atoms with Gasteiger partial charge >= 0.3 is 0 Å². The van der Waals surface area contributed by atoms with Gasteiger partial charge in [0.25, 0.3) is 0 Å². The summed E-state index contributed by atoms with van der Waals surface area (Å²) in [5.41, 5.74) is 5.21. The van der Waals surface area contributed by atoms with E-state index in [1.807, 2.05) is 12.1 Å². The summed E-state index contributed by atoms with van der Waals surface area (Å²) in [7, 11) is 4.16. The van der Waals surface area contributed by atoms with Crippen LogP contribution in [-0.2, 0) is 6.54 Å². The minimum absolute atomic E-state index is 0.690. The van der Waals surface area contributed by atoms with Crippen LogP contribution in [0.5, 0.6) is 0 Å². The fraction of sp³-hybridized carbons (Fsp3) is 0.333. The number of hydrogen-bond donors (Lipinski definition) is 0. The van der Waals surface area contributed by atoms with Gasteiger partial charge in [-0.3, -0.25) is 4.98 Å². The summed E-state index contributed by atoms with van der Waals surface area (Å²) in [5, 5.41) is 5.66. The summed E-state index contributed by atoms with van der Waals surface area (Å²) in [5.74, 6) is 0.690. The summed E-state index contributed by atoms with van der Waals surface area (Å²) in [6.07, 6.45) is 5.25. The quantitative estimate of drug-likeness (QED) is 0.573. The first-order valence-corrected chi connectivity index (χ1v) is 8.32. The van der Waals surface area contributed by atoms with Crippen LogP contribution in [0.1, 0.15) is 11.3 Å². The lowest BCUT2D eigenvalue weighted by atomic mass is 10.2. The van der Waals surface area contributed by atoms with E-state index in [2.05, 4.69) is 52.5 Å². The smallest absolute Gasteiger partial charge is 0.182 e. The molecule has 4 rings (SSSR count). The van der Waals surface area contributed by atoms with Gasteiger partial charge in [-0.15, -0.1) is 5.10 Å². The number of pyridine rings is 1. The van der Waals surface area contributed by atoms with Crippen LogP contribution in [0.25, 0.3) is 28.1 Å². The van der Waals surface area contributed by atoms with E-state index in [1.54, 1.807) is 23.2 Å². The number of nitrogens with zero attached hydrogens (tertiary/aromatic N) is 7. The summed E-state index contributed by atoms with van der Waals surface area (Å²) in [6.45, 7) is 6.14. The summed E-state index contributed by atoms with van der Waals surface area (Å²) in [4.78, 5) is 15.7. The van der Waals surface area contributed by atoms with Crippen molar-refractivity contribution in [1.29, 1.82) is 0 Å². The number of rotatable bonds is 4. The van der Waals surface area contributed by atoms with Crippen molar-refractivity contribution in [1.82, 2.24) is 34.0 Å². The minimum Gasteiger partial charge on any atom is -0.328 e. The van der Waals surface area contributed by atoms with E-state index < -0.39 is 0 Å². The van der Waals surface area contributed by atoms with E-state index in [4.69, 9.17) is 4.98 Å². The molecule has 0 aliphatic rings. The second-order valence-electron chi connectivity index (χ2n) is 6.55. The molecule has 0 saturated heterocycles. The molecule has 0 atom stereocenters. The fourth-order valence-electron chi connectivity index (χ4n) is 3.13. The van der Waals surface area contributed by atoms with Crippen molar-refractivity contribution in [3.8, 4) is 11.4 Å². The van der Waals surface area contributed by atoms with E-state index in [1.165, 1.54) is 11.3 Å². The van der Waals surface area contributed by atoms with Crippen molar-refractivity contribution >= 4 is 16.7 Å². The zero-order valence-electron chi connectivity index (χ0n) is 14.9. The Balaban J connectivity index is 1.92. The van der Waals surface area contributed by atoms with Gasteiger partial charge in [-0.05, 0) is 45.6 Å². The van der Waals surface area contributed by atoms with E-state index >= 15 is 0 Å². The van der Waals surface area contributed by atoms with Gasteiger partial charge in [-0.1, -0.05) is 0 Å². The highest BCUT2D eigenvalue weighted by atomic mass is 15.3. The molecule has 0 aromatic carbocycles. The molecule has 0 aliphatic heterocycles. The summed E-state index contributed by atoms with van der Waals surface area (Å²) < 4.78 is 4.03. The molecule has 7 nitrogen and oxygen atoms in total. The van der Waals surface area contributed by atoms with Gasteiger partial charge in [-0.25, -0.2) is 14.5 Å². The Morgan fingerprint density at radius 3 is 2.56 bits per heavy atom. The molecule has 0 saturated carbocycles. The molecule has 25 heavy (non-hydrogen) atoms. The summed E-state index contributed by atoms with van der Waals surface area (Å²) in [6, 6.07) is 3.83. The van der Waals surface area contributed by atoms with Gasteiger partial charge in [0.1, 0.15) is 12.0 Å². The van der Waals surface area contributed by atoms with Crippen LogP contribution in [-0.4, -0.2) is 54.7 Å². The number of fused-ring (bicyclic) bond motifs is 3. The lowest BCUT2D eigenvalue weighted by Gasteiger charge is -2.12. The highest BCUT2D eigenvalue weighted by molar-refractivity contribution is 5.94. The SMILES string of the molecule is Cc1c(C)n(CCN(C)C)c2ncn3nc(-c4ccncc4)nc3c12. The average Bonchev–Trinajstić information content (AvgIpc) is 3.14. The van der Waals surface area contributed by atoms with Crippen molar-refractivity contribution in [3.63, 3.8) is 0 Å². The van der Waals surface area contributed by atoms with E-state index in [0.29, 0.717) is 5.82 Å². The van der Waals surface area contributed by atoms with Crippen LogP contribution in [0.2, 0.25) is 0 Å². The Morgan fingerprint density at radius 2 is 1.84 bits per heavy atom. The third-order valence-electron chi connectivity index (χ3n) is 4.66. The second kappa shape index (κ2) is 5.93. The van der Waals surface area contributed by atoms with Crippen LogP contribution in [0.4, 0.5) is 0 Å². The van der Waals surface area contributed by atoms with Crippen molar-refractivity contribution in [2.75, 3.05) is 20.6 Å². The predicted molar refractivity (Wildman–Crippen MR) is 97.5 cm³/mol. The van der Waals surface area contributed by atoms with Crippen LogP contribution in [0.15, 0.2) is 30.9 Å². The first-order chi connectivity index (χ1) is 12.1.